The summed E-state index contributed by atoms with van der Waals surface area (Å²) in [7, 11) is 4.13. The SMILES string of the molecule is CN(C)CC1CC(O)CN1c1ccc(N)cc1I. The largest absolute Gasteiger partial charge is 0.399 e. The zero-order valence-corrected chi connectivity index (χ0v) is 13.0. The molecule has 0 radical (unpaired) electrons. The molecule has 2 unspecified atom stereocenters. The molecule has 18 heavy (non-hydrogen) atoms. The summed E-state index contributed by atoms with van der Waals surface area (Å²) < 4.78 is 1.14. The highest BCUT2D eigenvalue weighted by Gasteiger charge is 2.32. The maximum Gasteiger partial charge on any atom is 0.0735 e. The van der Waals surface area contributed by atoms with Crippen LogP contribution >= 0.6 is 22.6 Å². The predicted molar refractivity (Wildman–Crippen MR) is 83.9 cm³/mol. The van der Waals surface area contributed by atoms with Crippen molar-refractivity contribution in [1.29, 1.82) is 0 Å². The number of rotatable bonds is 3. The second-order valence-electron chi connectivity index (χ2n) is 5.17. The van der Waals surface area contributed by atoms with Crippen molar-refractivity contribution in [1.82, 2.24) is 4.90 Å². The van der Waals surface area contributed by atoms with Gasteiger partial charge < -0.3 is 20.6 Å². The van der Waals surface area contributed by atoms with Gasteiger partial charge in [0.25, 0.3) is 0 Å². The summed E-state index contributed by atoms with van der Waals surface area (Å²) in [4.78, 5) is 4.46. The number of aliphatic hydroxyl groups excluding tert-OH is 1. The number of anilines is 2. The van der Waals surface area contributed by atoms with Crippen LogP contribution in [-0.4, -0.2) is 49.3 Å². The van der Waals surface area contributed by atoms with Gasteiger partial charge in [-0.15, -0.1) is 0 Å². The average molecular weight is 361 g/mol. The number of nitrogens with zero attached hydrogens (tertiary/aromatic N) is 2. The van der Waals surface area contributed by atoms with Gasteiger partial charge in [0, 0.05) is 28.4 Å². The van der Waals surface area contributed by atoms with E-state index in [4.69, 9.17) is 5.73 Å². The highest BCUT2D eigenvalue weighted by molar-refractivity contribution is 14.1. The van der Waals surface area contributed by atoms with E-state index >= 15 is 0 Å². The number of hydrogen-bond acceptors (Lipinski definition) is 4. The zero-order valence-electron chi connectivity index (χ0n) is 10.8. The molecule has 5 heteroatoms. The van der Waals surface area contributed by atoms with Gasteiger partial charge in [0.15, 0.2) is 0 Å². The minimum absolute atomic E-state index is 0.233. The Morgan fingerprint density at radius 3 is 2.83 bits per heavy atom. The topological polar surface area (TPSA) is 52.7 Å². The van der Waals surface area contributed by atoms with Crippen LogP contribution in [0.25, 0.3) is 0 Å². The summed E-state index contributed by atoms with van der Waals surface area (Å²) in [6.45, 7) is 1.66. The second-order valence-corrected chi connectivity index (χ2v) is 6.33. The fourth-order valence-corrected chi connectivity index (χ4v) is 3.39. The molecular weight excluding hydrogens is 341 g/mol. The summed E-state index contributed by atoms with van der Waals surface area (Å²) in [6, 6.07) is 6.33. The van der Waals surface area contributed by atoms with Gasteiger partial charge in [-0.25, -0.2) is 0 Å². The van der Waals surface area contributed by atoms with Gasteiger partial charge in [-0.1, -0.05) is 0 Å². The lowest BCUT2D eigenvalue weighted by Crippen LogP contribution is -2.38. The fraction of sp³-hybridized carbons (Fsp3) is 0.538. The molecule has 1 aliphatic rings. The summed E-state index contributed by atoms with van der Waals surface area (Å²) in [5, 5.41) is 9.90. The Morgan fingerprint density at radius 2 is 2.22 bits per heavy atom. The average Bonchev–Trinajstić information content (AvgIpc) is 2.58. The number of halogens is 1. The Labute approximate surface area is 122 Å². The lowest BCUT2D eigenvalue weighted by atomic mass is 10.2. The van der Waals surface area contributed by atoms with Gasteiger partial charge in [0.1, 0.15) is 0 Å². The maximum absolute atomic E-state index is 9.90. The van der Waals surface area contributed by atoms with E-state index in [1.165, 1.54) is 5.69 Å². The lowest BCUT2D eigenvalue weighted by Gasteiger charge is -2.29. The molecule has 2 atom stereocenters. The highest BCUT2D eigenvalue weighted by Crippen LogP contribution is 2.31. The Bertz CT molecular complexity index is 425. The van der Waals surface area contributed by atoms with E-state index in [9.17, 15) is 5.11 Å². The first-order valence-corrected chi connectivity index (χ1v) is 7.19. The molecule has 1 fully saturated rings. The number of nitrogen functional groups attached to an aromatic ring is 1. The van der Waals surface area contributed by atoms with E-state index < -0.39 is 0 Å². The minimum atomic E-state index is -0.233. The highest BCUT2D eigenvalue weighted by atomic mass is 127. The van der Waals surface area contributed by atoms with E-state index in [-0.39, 0.29) is 6.10 Å². The number of likely N-dealkylation sites (N-methyl/N-ethyl adjacent to an activating group) is 1. The van der Waals surface area contributed by atoms with Gasteiger partial charge in [-0.05, 0) is 61.3 Å². The quantitative estimate of drug-likeness (QED) is 0.631. The van der Waals surface area contributed by atoms with Crippen LogP contribution in [-0.2, 0) is 0 Å². The Balaban J connectivity index is 2.24. The van der Waals surface area contributed by atoms with Crippen LogP contribution in [0.3, 0.4) is 0 Å². The third-order valence-electron chi connectivity index (χ3n) is 3.25. The van der Waals surface area contributed by atoms with Gasteiger partial charge in [-0.3, -0.25) is 0 Å². The molecule has 0 amide bonds. The maximum atomic E-state index is 9.90. The molecule has 0 saturated carbocycles. The number of benzene rings is 1. The number of hydrogen-bond donors (Lipinski definition) is 2. The van der Waals surface area contributed by atoms with Gasteiger partial charge in [0.2, 0.25) is 0 Å². The smallest absolute Gasteiger partial charge is 0.0735 e. The van der Waals surface area contributed by atoms with Crippen LogP contribution in [0, 0.1) is 3.57 Å². The van der Waals surface area contributed by atoms with Crippen LogP contribution in [0.5, 0.6) is 0 Å². The molecule has 0 aromatic heterocycles. The van der Waals surface area contributed by atoms with Crippen LogP contribution < -0.4 is 10.6 Å². The Morgan fingerprint density at radius 1 is 1.50 bits per heavy atom. The number of nitrogens with two attached hydrogens (primary N) is 1. The fourth-order valence-electron chi connectivity index (χ4n) is 2.54. The first-order valence-electron chi connectivity index (χ1n) is 6.12. The molecule has 1 aliphatic heterocycles. The first-order chi connectivity index (χ1) is 8.47. The lowest BCUT2D eigenvalue weighted by molar-refractivity contribution is 0.191. The molecular formula is C13H20IN3O. The molecule has 0 aliphatic carbocycles. The van der Waals surface area contributed by atoms with Crippen molar-refractivity contribution < 1.29 is 5.11 Å². The van der Waals surface area contributed by atoms with Crippen molar-refractivity contribution in [2.75, 3.05) is 37.8 Å². The van der Waals surface area contributed by atoms with Crippen molar-refractivity contribution >= 4 is 34.0 Å². The summed E-state index contributed by atoms with van der Waals surface area (Å²) in [5.41, 5.74) is 7.75. The van der Waals surface area contributed by atoms with Crippen LogP contribution in [0.15, 0.2) is 18.2 Å². The third-order valence-corrected chi connectivity index (χ3v) is 4.11. The predicted octanol–water partition coefficient (Wildman–Crippen LogP) is 1.37. The first kappa shape index (κ1) is 13.9. The molecule has 100 valence electrons. The van der Waals surface area contributed by atoms with E-state index in [2.05, 4.69) is 52.6 Å². The van der Waals surface area contributed by atoms with E-state index in [1.54, 1.807) is 0 Å². The van der Waals surface area contributed by atoms with E-state index in [1.807, 2.05) is 12.1 Å². The minimum Gasteiger partial charge on any atom is -0.399 e. The molecule has 1 saturated heterocycles. The molecule has 2 rings (SSSR count). The standard InChI is InChI=1S/C13H20IN3O/c1-16(2)7-10-6-11(18)8-17(10)13-4-3-9(15)5-12(13)14/h3-5,10-11,18H,6-8,15H2,1-2H3. The number of aliphatic hydroxyl groups is 1. The van der Waals surface area contributed by atoms with Gasteiger partial charge >= 0.3 is 0 Å². The molecule has 1 heterocycles. The van der Waals surface area contributed by atoms with Crippen LogP contribution in [0.1, 0.15) is 6.42 Å². The molecule has 0 bridgehead atoms. The molecule has 4 nitrogen and oxygen atoms in total. The monoisotopic (exact) mass is 361 g/mol. The van der Waals surface area contributed by atoms with Crippen molar-refractivity contribution in [3.05, 3.63) is 21.8 Å². The van der Waals surface area contributed by atoms with Gasteiger partial charge in [0.05, 0.1) is 11.8 Å². The summed E-state index contributed by atoms with van der Waals surface area (Å²) >= 11 is 2.31. The van der Waals surface area contributed by atoms with Crippen molar-refractivity contribution in [3.63, 3.8) is 0 Å². The summed E-state index contributed by atoms with van der Waals surface area (Å²) in [5.74, 6) is 0. The van der Waals surface area contributed by atoms with Crippen LogP contribution in [0.2, 0.25) is 0 Å². The van der Waals surface area contributed by atoms with E-state index in [0.717, 1.165) is 22.2 Å². The molecule has 0 spiro atoms. The normalized spacial score (nSPS) is 23.9. The number of β-amino-alcohol motifs (C(OH)–C–C–N with tert-alkyl or cyclic N) is 1. The Kier molecular flexibility index (Phi) is 4.34. The van der Waals surface area contributed by atoms with Gasteiger partial charge in [-0.2, -0.15) is 0 Å². The molecule has 3 N–H and O–H groups in total. The third kappa shape index (κ3) is 3.07. The van der Waals surface area contributed by atoms with Crippen molar-refractivity contribution in [3.8, 4) is 0 Å². The van der Waals surface area contributed by atoms with Crippen molar-refractivity contribution in [2.24, 2.45) is 0 Å². The molecule has 1 aromatic rings. The van der Waals surface area contributed by atoms with E-state index in [0.29, 0.717) is 12.6 Å². The molecule has 1 aromatic carbocycles. The summed E-state index contributed by atoms with van der Waals surface area (Å²) in [6.07, 6.45) is 0.599. The van der Waals surface area contributed by atoms with Crippen molar-refractivity contribution in [2.45, 2.75) is 18.6 Å². The zero-order chi connectivity index (χ0) is 13.3. The Hall–Kier alpha value is -0.530. The van der Waals surface area contributed by atoms with Crippen LogP contribution in [0.4, 0.5) is 11.4 Å². The second kappa shape index (κ2) is 5.63.